The van der Waals surface area contributed by atoms with E-state index in [9.17, 15) is 8.42 Å². The van der Waals surface area contributed by atoms with Crippen molar-refractivity contribution >= 4 is 10.2 Å². The van der Waals surface area contributed by atoms with Gasteiger partial charge in [-0.15, -0.1) is 0 Å². The first kappa shape index (κ1) is 15.8. The van der Waals surface area contributed by atoms with E-state index in [4.69, 9.17) is 4.74 Å². The Kier molecular flexibility index (Phi) is 6.51. The summed E-state index contributed by atoms with van der Waals surface area (Å²) in [6, 6.07) is -0.105. The minimum atomic E-state index is -3.39. The van der Waals surface area contributed by atoms with E-state index in [1.165, 1.54) is 4.31 Å². The molecule has 108 valence electrons. The maximum atomic E-state index is 12.0. The van der Waals surface area contributed by atoms with Crippen LogP contribution in [0.1, 0.15) is 26.7 Å². The molecule has 0 aromatic rings. The molecule has 0 radical (unpaired) electrons. The van der Waals surface area contributed by atoms with E-state index in [-0.39, 0.29) is 12.1 Å². The summed E-state index contributed by atoms with van der Waals surface area (Å²) in [5.74, 6) is 0. The van der Waals surface area contributed by atoms with Crippen LogP contribution < -0.4 is 10.0 Å². The van der Waals surface area contributed by atoms with Gasteiger partial charge in [0.2, 0.25) is 0 Å². The average molecular weight is 279 g/mol. The quantitative estimate of drug-likeness (QED) is 0.610. The highest BCUT2D eigenvalue weighted by Gasteiger charge is 2.29. The Morgan fingerprint density at radius 2 is 2.17 bits per heavy atom. The second kappa shape index (κ2) is 7.40. The molecule has 0 saturated carbocycles. The molecule has 0 amide bonds. The van der Waals surface area contributed by atoms with Crippen LogP contribution >= 0.6 is 0 Å². The molecule has 1 aliphatic rings. The molecule has 1 fully saturated rings. The van der Waals surface area contributed by atoms with Gasteiger partial charge in [0, 0.05) is 20.2 Å². The van der Waals surface area contributed by atoms with Crippen molar-refractivity contribution in [3.63, 3.8) is 0 Å². The third kappa shape index (κ3) is 4.81. The second-order valence-electron chi connectivity index (χ2n) is 4.62. The van der Waals surface area contributed by atoms with Gasteiger partial charge in [-0.25, -0.2) is 0 Å². The predicted molar refractivity (Wildman–Crippen MR) is 71.7 cm³/mol. The topological polar surface area (TPSA) is 70.7 Å². The molecule has 0 spiro atoms. The Balaban J connectivity index is 2.37. The molecule has 0 aromatic heterocycles. The maximum Gasteiger partial charge on any atom is 0.279 e. The molecule has 1 saturated heterocycles. The van der Waals surface area contributed by atoms with Crippen molar-refractivity contribution in [1.29, 1.82) is 0 Å². The molecule has 0 aliphatic carbocycles. The molecule has 0 bridgehead atoms. The molecule has 18 heavy (non-hydrogen) atoms. The largest absolute Gasteiger partial charge is 0.377 e. The number of rotatable bonds is 8. The predicted octanol–water partition coefficient (Wildman–Crippen LogP) is -0.0704. The van der Waals surface area contributed by atoms with Crippen LogP contribution in [0.3, 0.4) is 0 Å². The van der Waals surface area contributed by atoms with Gasteiger partial charge < -0.3 is 10.1 Å². The first-order chi connectivity index (χ1) is 8.47. The zero-order chi connectivity index (χ0) is 13.6. The van der Waals surface area contributed by atoms with Crippen molar-refractivity contribution in [2.24, 2.45) is 0 Å². The Labute approximate surface area is 110 Å². The third-order valence-corrected chi connectivity index (χ3v) is 4.77. The van der Waals surface area contributed by atoms with Gasteiger partial charge in [-0.3, -0.25) is 0 Å². The summed E-state index contributed by atoms with van der Waals surface area (Å²) in [5, 5.41) is 3.17. The van der Waals surface area contributed by atoms with Gasteiger partial charge in [-0.2, -0.15) is 17.4 Å². The molecule has 7 heteroatoms. The molecule has 6 nitrogen and oxygen atoms in total. The van der Waals surface area contributed by atoms with E-state index in [0.717, 1.165) is 25.9 Å². The van der Waals surface area contributed by atoms with Crippen molar-refractivity contribution in [3.05, 3.63) is 0 Å². The fraction of sp³-hybridized carbons (Fsp3) is 1.00. The average Bonchev–Trinajstić information content (AvgIpc) is 2.69. The standard InChI is InChI=1S/C11H25N3O3S/c1-4-12-7-5-8-14(3)18(15,16)13-11-6-9-17-10(11)2/h10-13H,4-9H2,1-3H3. The lowest BCUT2D eigenvalue weighted by molar-refractivity contribution is 0.116. The van der Waals surface area contributed by atoms with Crippen molar-refractivity contribution in [3.8, 4) is 0 Å². The highest BCUT2D eigenvalue weighted by atomic mass is 32.2. The normalized spacial score (nSPS) is 24.9. The SMILES string of the molecule is CCNCCCN(C)S(=O)(=O)NC1CCOC1C. The monoisotopic (exact) mass is 279 g/mol. The fourth-order valence-corrected chi connectivity index (χ4v) is 3.13. The number of nitrogens with one attached hydrogen (secondary N) is 2. The highest BCUT2D eigenvalue weighted by Crippen LogP contribution is 2.14. The zero-order valence-electron chi connectivity index (χ0n) is 11.5. The Morgan fingerprint density at radius 1 is 1.44 bits per heavy atom. The van der Waals surface area contributed by atoms with Crippen LogP contribution in [0.15, 0.2) is 0 Å². The van der Waals surface area contributed by atoms with E-state index in [1.54, 1.807) is 7.05 Å². The lowest BCUT2D eigenvalue weighted by atomic mass is 10.2. The van der Waals surface area contributed by atoms with Gasteiger partial charge in [-0.05, 0) is 32.9 Å². The van der Waals surface area contributed by atoms with Crippen LogP contribution in [0, 0.1) is 0 Å². The van der Waals surface area contributed by atoms with Crippen molar-refractivity contribution < 1.29 is 13.2 Å². The van der Waals surface area contributed by atoms with Gasteiger partial charge in [0.1, 0.15) is 0 Å². The summed E-state index contributed by atoms with van der Waals surface area (Å²) < 4.78 is 33.5. The van der Waals surface area contributed by atoms with Crippen LogP contribution in [0.2, 0.25) is 0 Å². The number of nitrogens with zero attached hydrogens (tertiary/aromatic N) is 1. The molecular formula is C11H25N3O3S. The molecule has 2 N–H and O–H groups in total. The first-order valence-corrected chi connectivity index (χ1v) is 7.97. The smallest absolute Gasteiger partial charge is 0.279 e. The minimum absolute atomic E-state index is 0.0464. The van der Waals surface area contributed by atoms with Crippen molar-refractivity contribution in [2.45, 2.75) is 38.8 Å². The maximum absolute atomic E-state index is 12.0. The summed E-state index contributed by atoms with van der Waals surface area (Å²) in [6.45, 7) is 6.81. The van der Waals surface area contributed by atoms with E-state index < -0.39 is 10.2 Å². The molecule has 1 heterocycles. The van der Waals surface area contributed by atoms with Gasteiger partial charge in [-0.1, -0.05) is 6.92 Å². The second-order valence-corrected chi connectivity index (χ2v) is 6.43. The van der Waals surface area contributed by atoms with Crippen LogP contribution in [0.5, 0.6) is 0 Å². The van der Waals surface area contributed by atoms with E-state index in [0.29, 0.717) is 13.2 Å². The lowest BCUT2D eigenvalue weighted by Crippen LogP contribution is -2.46. The summed E-state index contributed by atoms with van der Waals surface area (Å²) in [7, 11) is -1.78. The highest BCUT2D eigenvalue weighted by molar-refractivity contribution is 7.87. The first-order valence-electron chi connectivity index (χ1n) is 6.53. The van der Waals surface area contributed by atoms with Crippen LogP contribution in [-0.4, -0.2) is 58.2 Å². The summed E-state index contributed by atoms with van der Waals surface area (Å²) in [6.07, 6.45) is 1.50. The fourth-order valence-electron chi connectivity index (χ4n) is 1.89. The third-order valence-electron chi connectivity index (χ3n) is 3.16. The number of ether oxygens (including phenoxy) is 1. The minimum Gasteiger partial charge on any atom is -0.377 e. The molecular weight excluding hydrogens is 254 g/mol. The zero-order valence-corrected chi connectivity index (χ0v) is 12.3. The molecule has 0 aromatic carbocycles. The van der Waals surface area contributed by atoms with Crippen molar-refractivity contribution in [2.75, 3.05) is 33.3 Å². The van der Waals surface area contributed by atoms with Gasteiger partial charge in [0.15, 0.2) is 0 Å². The summed E-state index contributed by atoms with van der Waals surface area (Å²) >= 11 is 0. The number of hydrogen-bond donors (Lipinski definition) is 2. The van der Waals surface area contributed by atoms with Crippen LogP contribution in [0.25, 0.3) is 0 Å². The van der Waals surface area contributed by atoms with E-state index >= 15 is 0 Å². The van der Waals surface area contributed by atoms with Crippen LogP contribution in [0.4, 0.5) is 0 Å². The Morgan fingerprint density at radius 3 is 2.72 bits per heavy atom. The van der Waals surface area contributed by atoms with Gasteiger partial charge in [0.05, 0.1) is 12.1 Å². The van der Waals surface area contributed by atoms with Gasteiger partial charge >= 0.3 is 0 Å². The molecule has 1 rings (SSSR count). The van der Waals surface area contributed by atoms with E-state index in [1.807, 2.05) is 13.8 Å². The molecule has 2 unspecified atom stereocenters. The van der Waals surface area contributed by atoms with Crippen LogP contribution in [-0.2, 0) is 14.9 Å². The molecule has 1 aliphatic heterocycles. The Hall–Kier alpha value is -0.210. The van der Waals surface area contributed by atoms with Crippen molar-refractivity contribution in [1.82, 2.24) is 14.3 Å². The number of hydrogen-bond acceptors (Lipinski definition) is 4. The summed E-state index contributed by atoms with van der Waals surface area (Å²) in [4.78, 5) is 0. The summed E-state index contributed by atoms with van der Waals surface area (Å²) in [5.41, 5.74) is 0. The van der Waals surface area contributed by atoms with E-state index in [2.05, 4.69) is 10.0 Å². The molecule has 2 atom stereocenters. The Bertz CT molecular complexity index is 334. The lowest BCUT2D eigenvalue weighted by Gasteiger charge is -2.22. The van der Waals surface area contributed by atoms with Gasteiger partial charge in [0.25, 0.3) is 10.2 Å².